The van der Waals surface area contributed by atoms with Crippen LogP contribution in [0.2, 0.25) is 10.0 Å². The highest BCUT2D eigenvalue weighted by Crippen LogP contribution is 2.30. The number of fused-ring (bicyclic) bond motifs is 1. The second-order valence-corrected chi connectivity index (χ2v) is 5.48. The number of benzene rings is 1. The van der Waals surface area contributed by atoms with E-state index in [1.165, 1.54) is 0 Å². The smallest absolute Gasteiger partial charge is 0.137 e. The van der Waals surface area contributed by atoms with Gasteiger partial charge >= 0.3 is 0 Å². The Balaban J connectivity index is 2.29. The zero-order chi connectivity index (χ0) is 14.3. The molecular weight excluding hydrogens is 295 g/mol. The molecule has 0 radical (unpaired) electrons. The van der Waals surface area contributed by atoms with Gasteiger partial charge in [-0.05, 0) is 31.2 Å². The zero-order valence-corrected chi connectivity index (χ0v) is 12.2. The molecule has 1 atom stereocenters. The van der Waals surface area contributed by atoms with Gasteiger partial charge in [0.15, 0.2) is 0 Å². The van der Waals surface area contributed by atoms with Crippen molar-refractivity contribution in [3.63, 3.8) is 0 Å². The van der Waals surface area contributed by atoms with Crippen LogP contribution < -0.4 is 0 Å². The first kappa shape index (κ1) is 13.4. The molecule has 1 unspecified atom stereocenters. The van der Waals surface area contributed by atoms with Gasteiger partial charge in [0.25, 0.3) is 0 Å². The molecule has 0 saturated carbocycles. The Labute approximate surface area is 126 Å². The van der Waals surface area contributed by atoms with Crippen LogP contribution in [0.1, 0.15) is 18.7 Å². The molecule has 5 heteroatoms. The molecule has 2 aromatic heterocycles. The molecule has 1 N–H and O–H groups in total. The molecule has 1 aromatic carbocycles. The predicted molar refractivity (Wildman–Crippen MR) is 81.3 cm³/mol. The van der Waals surface area contributed by atoms with Crippen molar-refractivity contribution in [1.82, 2.24) is 9.38 Å². The molecule has 0 spiro atoms. The number of halogens is 2. The summed E-state index contributed by atoms with van der Waals surface area (Å²) in [5.74, 6) is 0. The number of rotatable bonds is 2. The standard InChI is InChI=1S/C15H12Cl2N2O/c1-9(20)15-14(10-2-4-11(16)5-3-10)18-13-7-6-12(17)8-19(13)15/h2-9,20H,1H3. The number of pyridine rings is 1. The third-order valence-corrected chi connectivity index (χ3v) is 3.61. The largest absolute Gasteiger partial charge is 0.387 e. The van der Waals surface area contributed by atoms with Crippen LogP contribution in [0.15, 0.2) is 42.6 Å². The summed E-state index contributed by atoms with van der Waals surface area (Å²) in [6, 6.07) is 11.0. The number of imidazole rings is 1. The first-order valence-corrected chi connectivity index (χ1v) is 6.93. The van der Waals surface area contributed by atoms with Crippen molar-refractivity contribution in [3.05, 3.63) is 58.3 Å². The van der Waals surface area contributed by atoms with Crippen LogP contribution in [0, 0.1) is 0 Å². The van der Waals surface area contributed by atoms with Gasteiger partial charge in [-0.2, -0.15) is 0 Å². The lowest BCUT2D eigenvalue weighted by Gasteiger charge is -2.08. The monoisotopic (exact) mass is 306 g/mol. The summed E-state index contributed by atoms with van der Waals surface area (Å²) in [6.07, 6.45) is 1.10. The van der Waals surface area contributed by atoms with Crippen molar-refractivity contribution in [1.29, 1.82) is 0 Å². The van der Waals surface area contributed by atoms with E-state index in [1.807, 2.05) is 22.6 Å². The van der Waals surface area contributed by atoms with E-state index in [2.05, 4.69) is 4.98 Å². The summed E-state index contributed by atoms with van der Waals surface area (Å²) in [6.45, 7) is 1.71. The fraction of sp³-hybridized carbons (Fsp3) is 0.133. The van der Waals surface area contributed by atoms with Gasteiger partial charge in [0.05, 0.1) is 22.5 Å². The summed E-state index contributed by atoms with van der Waals surface area (Å²) in [7, 11) is 0. The van der Waals surface area contributed by atoms with E-state index < -0.39 is 6.10 Å². The lowest BCUT2D eigenvalue weighted by atomic mass is 10.1. The Bertz CT molecular complexity index is 763. The van der Waals surface area contributed by atoms with Crippen LogP contribution in [0.5, 0.6) is 0 Å². The summed E-state index contributed by atoms with van der Waals surface area (Å²) in [5, 5.41) is 11.3. The van der Waals surface area contributed by atoms with Gasteiger partial charge in [0.1, 0.15) is 5.65 Å². The van der Waals surface area contributed by atoms with Gasteiger partial charge in [-0.1, -0.05) is 35.3 Å². The van der Waals surface area contributed by atoms with Crippen molar-refractivity contribution in [2.75, 3.05) is 0 Å². The Hall–Kier alpha value is -1.55. The van der Waals surface area contributed by atoms with E-state index in [1.54, 1.807) is 31.3 Å². The van der Waals surface area contributed by atoms with E-state index in [-0.39, 0.29) is 0 Å². The third-order valence-electron chi connectivity index (χ3n) is 3.13. The zero-order valence-electron chi connectivity index (χ0n) is 10.7. The number of aliphatic hydroxyl groups excluding tert-OH is 1. The van der Waals surface area contributed by atoms with Crippen molar-refractivity contribution in [2.24, 2.45) is 0 Å². The number of aromatic nitrogens is 2. The van der Waals surface area contributed by atoms with E-state index >= 15 is 0 Å². The number of aliphatic hydroxyl groups is 1. The fourth-order valence-electron chi connectivity index (χ4n) is 2.26. The Kier molecular flexibility index (Phi) is 3.42. The van der Waals surface area contributed by atoms with Crippen molar-refractivity contribution in [2.45, 2.75) is 13.0 Å². The number of nitrogens with zero attached hydrogens (tertiary/aromatic N) is 2. The second-order valence-electron chi connectivity index (χ2n) is 4.60. The lowest BCUT2D eigenvalue weighted by molar-refractivity contribution is 0.194. The minimum absolute atomic E-state index is 0.597. The fourth-order valence-corrected chi connectivity index (χ4v) is 2.54. The predicted octanol–water partition coefficient (Wildman–Crippen LogP) is 4.36. The van der Waals surface area contributed by atoms with Crippen molar-refractivity contribution < 1.29 is 5.11 Å². The third kappa shape index (κ3) is 2.29. The molecular formula is C15H12Cl2N2O. The summed E-state index contributed by atoms with van der Waals surface area (Å²) in [5.41, 5.74) is 3.10. The molecule has 2 heterocycles. The first-order chi connectivity index (χ1) is 9.56. The van der Waals surface area contributed by atoms with E-state index in [9.17, 15) is 5.11 Å². The molecule has 102 valence electrons. The first-order valence-electron chi connectivity index (χ1n) is 6.18. The van der Waals surface area contributed by atoms with Gasteiger partial charge in [-0.3, -0.25) is 4.40 Å². The van der Waals surface area contributed by atoms with E-state index in [0.29, 0.717) is 15.7 Å². The average Bonchev–Trinajstić information content (AvgIpc) is 2.78. The van der Waals surface area contributed by atoms with E-state index in [0.717, 1.165) is 16.9 Å². The Morgan fingerprint density at radius 3 is 2.35 bits per heavy atom. The molecule has 20 heavy (non-hydrogen) atoms. The summed E-state index contributed by atoms with van der Waals surface area (Å²) >= 11 is 11.9. The number of hydrogen-bond donors (Lipinski definition) is 1. The quantitative estimate of drug-likeness (QED) is 0.763. The van der Waals surface area contributed by atoms with Crippen LogP contribution >= 0.6 is 23.2 Å². The highest BCUT2D eigenvalue weighted by atomic mass is 35.5. The topological polar surface area (TPSA) is 37.5 Å². The van der Waals surface area contributed by atoms with Crippen molar-refractivity contribution >= 4 is 28.8 Å². The molecule has 3 aromatic rings. The maximum absolute atomic E-state index is 10.1. The van der Waals surface area contributed by atoms with Crippen LogP contribution in [0.3, 0.4) is 0 Å². The SMILES string of the molecule is CC(O)c1c(-c2ccc(Cl)cc2)nc2ccc(Cl)cn12. The van der Waals surface area contributed by atoms with Crippen LogP contribution in [0.4, 0.5) is 0 Å². The highest BCUT2D eigenvalue weighted by molar-refractivity contribution is 6.30. The summed E-state index contributed by atoms with van der Waals surface area (Å²) in [4.78, 5) is 4.58. The highest BCUT2D eigenvalue weighted by Gasteiger charge is 2.18. The molecule has 3 nitrogen and oxygen atoms in total. The molecule has 0 aliphatic heterocycles. The minimum Gasteiger partial charge on any atom is -0.387 e. The molecule has 0 aliphatic rings. The molecule has 0 fully saturated rings. The molecule has 0 amide bonds. The Morgan fingerprint density at radius 2 is 1.70 bits per heavy atom. The van der Waals surface area contributed by atoms with Crippen LogP contribution in [-0.4, -0.2) is 14.5 Å². The average molecular weight is 307 g/mol. The van der Waals surface area contributed by atoms with Crippen LogP contribution in [-0.2, 0) is 0 Å². The number of hydrogen-bond acceptors (Lipinski definition) is 2. The van der Waals surface area contributed by atoms with Gasteiger partial charge in [-0.15, -0.1) is 0 Å². The Morgan fingerprint density at radius 1 is 1.05 bits per heavy atom. The normalized spacial score (nSPS) is 12.8. The molecule has 0 aliphatic carbocycles. The van der Waals surface area contributed by atoms with Crippen molar-refractivity contribution in [3.8, 4) is 11.3 Å². The lowest BCUT2D eigenvalue weighted by Crippen LogP contribution is -1.99. The van der Waals surface area contributed by atoms with Gasteiger partial charge in [-0.25, -0.2) is 4.98 Å². The maximum atomic E-state index is 10.1. The van der Waals surface area contributed by atoms with Gasteiger partial charge in [0, 0.05) is 16.8 Å². The molecule has 0 bridgehead atoms. The summed E-state index contributed by atoms with van der Waals surface area (Å²) < 4.78 is 1.82. The minimum atomic E-state index is -0.658. The maximum Gasteiger partial charge on any atom is 0.137 e. The second kappa shape index (κ2) is 5.09. The molecule has 3 rings (SSSR count). The van der Waals surface area contributed by atoms with Gasteiger partial charge in [0.2, 0.25) is 0 Å². The van der Waals surface area contributed by atoms with E-state index in [4.69, 9.17) is 23.2 Å². The van der Waals surface area contributed by atoms with Gasteiger partial charge < -0.3 is 5.11 Å². The van der Waals surface area contributed by atoms with Crippen LogP contribution in [0.25, 0.3) is 16.9 Å². The molecule has 0 saturated heterocycles.